The van der Waals surface area contributed by atoms with E-state index in [-0.39, 0.29) is 21.7 Å². The van der Waals surface area contributed by atoms with Crippen molar-refractivity contribution in [2.24, 2.45) is 5.92 Å². The topological polar surface area (TPSA) is 85.4 Å². The molecule has 0 amide bonds. The standard InChI is InChI=1S/C14H14Cl2N2O4S/c1-8(14(19)22-2)7-17-23(20,21)10-4-3-9-5-12(15)18-13(16)11(9)6-10/h3-6,8,17H,7H2,1-2H3. The summed E-state index contributed by atoms with van der Waals surface area (Å²) in [7, 11) is -2.55. The number of pyridine rings is 1. The molecular weight excluding hydrogens is 363 g/mol. The van der Waals surface area contributed by atoms with E-state index >= 15 is 0 Å². The normalized spacial score (nSPS) is 13.0. The van der Waals surface area contributed by atoms with Gasteiger partial charge in [0, 0.05) is 11.9 Å². The summed E-state index contributed by atoms with van der Waals surface area (Å²) in [4.78, 5) is 15.2. The van der Waals surface area contributed by atoms with Gasteiger partial charge in [0.1, 0.15) is 10.3 Å². The van der Waals surface area contributed by atoms with Crippen LogP contribution >= 0.6 is 23.2 Å². The molecule has 23 heavy (non-hydrogen) atoms. The lowest BCUT2D eigenvalue weighted by Gasteiger charge is -2.12. The van der Waals surface area contributed by atoms with Crippen LogP contribution in [0.2, 0.25) is 10.3 Å². The van der Waals surface area contributed by atoms with Crippen LogP contribution in [0.5, 0.6) is 0 Å². The SMILES string of the molecule is COC(=O)C(C)CNS(=O)(=O)c1ccc2cc(Cl)nc(Cl)c2c1. The van der Waals surface area contributed by atoms with Gasteiger partial charge in [-0.2, -0.15) is 0 Å². The maximum Gasteiger partial charge on any atom is 0.309 e. The van der Waals surface area contributed by atoms with E-state index < -0.39 is 21.9 Å². The van der Waals surface area contributed by atoms with Gasteiger partial charge in [-0.05, 0) is 23.6 Å². The number of benzene rings is 1. The molecule has 1 unspecified atom stereocenters. The molecule has 0 aliphatic carbocycles. The molecule has 2 aromatic rings. The number of hydrogen-bond donors (Lipinski definition) is 1. The average molecular weight is 377 g/mol. The van der Waals surface area contributed by atoms with Crippen LogP contribution in [-0.4, -0.2) is 33.0 Å². The van der Waals surface area contributed by atoms with Gasteiger partial charge in [0.15, 0.2) is 0 Å². The number of rotatable bonds is 5. The predicted octanol–water partition coefficient (Wildman–Crippen LogP) is 2.63. The summed E-state index contributed by atoms with van der Waals surface area (Å²) < 4.78 is 31.6. The van der Waals surface area contributed by atoms with Crippen LogP contribution in [0.3, 0.4) is 0 Å². The highest BCUT2D eigenvalue weighted by atomic mass is 35.5. The van der Waals surface area contributed by atoms with Crippen LogP contribution < -0.4 is 4.72 Å². The minimum atomic E-state index is -3.79. The minimum absolute atomic E-state index is 0.0214. The quantitative estimate of drug-likeness (QED) is 0.640. The highest BCUT2D eigenvalue weighted by molar-refractivity contribution is 7.89. The average Bonchev–Trinajstić information content (AvgIpc) is 2.51. The Balaban J connectivity index is 2.30. The third-order valence-corrected chi connectivity index (χ3v) is 5.12. The first-order chi connectivity index (χ1) is 10.7. The highest BCUT2D eigenvalue weighted by Crippen LogP contribution is 2.27. The number of carbonyl (C=O) groups excluding carboxylic acids is 1. The lowest BCUT2D eigenvalue weighted by atomic mass is 10.2. The fourth-order valence-electron chi connectivity index (χ4n) is 1.92. The van der Waals surface area contributed by atoms with E-state index in [1.165, 1.54) is 19.2 Å². The Bertz CT molecular complexity index is 855. The number of carbonyl (C=O) groups is 1. The Morgan fingerprint density at radius 2 is 2.04 bits per heavy atom. The highest BCUT2D eigenvalue weighted by Gasteiger charge is 2.20. The van der Waals surface area contributed by atoms with Crippen molar-refractivity contribution in [2.45, 2.75) is 11.8 Å². The molecule has 0 radical (unpaired) electrons. The molecule has 0 aliphatic heterocycles. The maximum atomic E-state index is 12.3. The molecule has 1 aromatic heterocycles. The lowest BCUT2D eigenvalue weighted by molar-refractivity contribution is -0.144. The third-order valence-electron chi connectivity index (χ3n) is 3.22. The summed E-state index contributed by atoms with van der Waals surface area (Å²) >= 11 is 11.8. The van der Waals surface area contributed by atoms with Gasteiger partial charge in [0.25, 0.3) is 0 Å². The number of ether oxygens (including phenoxy) is 1. The van der Waals surface area contributed by atoms with Crippen LogP contribution in [0.15, 0.2) is 29.2 Å². The van der Waals surface area contributed by atoms with Crippen LogP contribution in [0.25, 0.3) is 10.8 Å². The fourth-order valence-corrected chi connectivity index (χ4v) is 3.58. The lowest BCUT2D eigenvalue weighted by Crippen LogP contribution is -2.32. The smallest absolute Gasteiger partial charge is 0.309 e. The Morgan fingerprint density at radius 3 is 2.70 bits per heavy atom. The Morgan fingerprint density at radius 1 is 1.35 bits per heavy atom. The number of esters is 1. The number of fused-ring (bicyclic) bond motifs is 1. The van der Waals surface area contributed by atoms with Crippen molar-refractivity contribution in [3.05, 3.63) is 34.6 Å². The summed E-state index contributed by atoms with van der Waals surface area (Å²) in [5, 5.41) is 1.49. The van der Waals surface area contributed by atoms with E-state index in [4.69, 9.17) is 23.2 Å². The number of nitrogens with one attached hydrogen (secondary N) is 1. The molecule has 0 spiro atoms. The maximum absolute atomic E-state index is 12.3. The first kappa shape index (κ1) is 17.9. The minimum Gasteiger partial charge on any atom is -0.469 e. The first-order valence-electron chi connectivity index (χ1n) is 6.58. The third kappa shape index (κ3) is 4.11. The van der Waals surface area contributed by atoms with Crippen molar-refractivity contribution in [1.82, 2.24) is 9.71 Å². The number of halogens is 2. The van der Waals surface area contributed by atoms with Crippen LogP contribution in [0.4, 0.5) is 0 Å². The van der Waals surface area contributed by atoms with Crippen molar-refractivity contribution >= 4 is 50.0 Å². The Hall–Kier alpha value is -1.41. The molecule has 0 aliphatic rings. The molecule has 1 atom stereocenters. The molecule has 1 N–H and O–H groups in total. The van der Waals surface area contributed by atoms with Gasteiger partial charge in [-0.25, -0.2) is 18.1 Å². The van der Waals surface area contributed by atoms with Crippen molar-refractivity contribution < 1.29 is 17.9 Å². The number of hydrogen-bond acceptors (Lipinski definition) is 5. The van der Waals surface area contributed by atoms with Crippen molar-refractivity contribution in [3.8, 4) is 0 Å². The molecule has 124 valence electrons. The summed E-state index contributed by atoms with van der Waals surface area (Å²) in [6.07, 6.45) is 0. The van der Waals surface area contributed by atoms with E-state index in [1.807, 2.05) is 0 Å². The molecular formula is C14H14Cl2N2O4S. The van der Waals surface area contributed by atoms with Gasteiger partial charge in [-0.3, -0.25) is 4.79 Å². The monoisotopic (exact) mass is 376 g/mol. The van der Waals surface area contributed by atoms with Crippen molar-refractivity contribution in [3.63, 3.8) is 0 Å². The number of methoxy groups -OCH3 is 1. The largest absolute Gasteiger partial charge is 0.469 e. The zero-order valence-electron chi connectivity index (χ0n) is 12.3. The number of aromatic nitrogens is 1. The first-order valence-corrected chi connectivity index (χ1v) is 8.82. The van der Waals surface area contributed by atoms with Gasteiger partial charge in [-0.1, -0.05) is 36.2 Å². The van der Waals surface area contributed by atoms with Gasteiger partial charge >= 0.3 is 5.97 Å². The van der Waals surface area contributed by atoms with Gasteiger partial charge in [0.2, 0.25) is 10.0 Å². The fraction of sp³-hybridized carbons (Fsp3) is 0.286. The molecule has 0 saturated carbocycles. The second kappa shape index (κ2) is 7.00. The van der Waals surface area contributed by atoms with E-state index in [9.17, 15) is 13.2 Å². The Labute approximate surface area is 143 Å². The van der Waals surface area contributed by atoms with Gasteiger partial charge in [-0.15, -0.1) is 0 Å². The van der Waals surface area contributed by atoms with E-state index in [0.717, 1.165) is 0 Å². The Kier molecular flexibility index (Phi) is 5.46. The van der Waals surface area contributed by atoms with Crippen LogP contribution in [0.1, 0.15) is 6.92 Å². The molecule has 2 rings (SSSR count). The summed E-state index contributed by atoms with van der Waals surface area (Å²) in [5.41, 5.74) is 0. The predicted molar refractivity (Wildman–Crippen MR) is 88.1 cm³/mol. The zero-order valence-corrected chi connectivity index (χ0v) is 14.7. The van der Waals surface area contributed by atoms with Gasteiger partial charge < -0.3 is 4.74 Å². The molecule has 9 heteroatoms. The van der Waals surface area contributed by atoms with E-state index in [0.29, 0.717) is 10.8 Å². The van der Waals surface area contributed by atoms with Crippen LogP contribution in [0, 0.1) is 5.92 Å². The van der Waals surface area contributed by atoms with Crippen LogP contribution in [-0.2, 0) is 19.6 Å². The molecule has 0 fully saturated rings. The van der Waals surface area contributed by atoms with E-state index in [1.54, 1.807) is 19.1 Å². The molecule has 6 nitrogen and oxygen atoms in total. The second-order valence-electron chi connectivity index (χ2n) is 4.89. The number of nitrogens with zero attached hydrogens (tertiary/aromatic N) is 1. The summed E-state index contributed by atoms with van der Waals surface area (Å²) in [6, 6.07) is 6.02. The number of sulfonamides is 1. The molecule has 0 saturated heterocycles. The molecule has 0 bridgehead atoms. The zero-order chi connectivity index (χ0) is 17.2. The van der Waals surface area contributed by atoms with E-state index in [2.05, 4.69) is 14.4 Å². The van der Waals surface area contributed by atoms with Crippen molar-refractivity contribution in [1.29, 1.82) is 0 Å². The second-order valence-corrected chi connectivity index (χ2v) is 7.41. The molecule has 1 aromatic carbocycles. The van der Waals surface area contributed by atoms with Gasteiger partial charge in [0.05, 0.1) is 17.9 Å². The summed E-state index contributed by atoms with van der Waals surface area (Å²) in [6.45, 7) is 1.50. The molecule has 1 heterocycles. The van der Waals surface area contributed by atoms with Crippen molar-refractivity contribution in [2.75, 3.05) is 13.7 Å². The summed E-state index contributed by atoms with van der Waals surface area (Å²) in [5.74, 6) is -1.09.